The highest BCUT2D eigenvalue weighted by Crippen LogP contribution is 2.26. The smallest absolute Gasteiger partial charge is 0.234 e. The van der Waals surface area contributed by atoms with E-state index in [4.69, 9.17) is 11.6 Å². The fraction of sp³-hybridized carbons (Fsp3) is 0.318. The van der Waals surface area contributed by atoms with Crippen LogP contribution in [0.25, 0.3) is 5.69 Å². The summed E-state index contributed by atoms with van der Waals surface area (Å²) in [5.41, 5.74) is 2.59. The van der Waals surface area contributed by atoms with Crippen molar-refractivity contribution >= 4 is 35.0 Å². The lowest BCUT2D eigenvalue weighted by molar-refractivity contribution is -0.113. The Balaban J connectivity index is 1.50. The molecular formula is C22H24ClN5OS. The van der Waals surface area contributed by atoms with Crippen molar-refractivity contribution in [1.29, 1.82) is 0 Å². The van der Waals surface area contributed by atoms with Crippen LogP contribution in [0.4, 0.5) is 5.69 Å². The molecule has 3 aromatic rings. The maximum Gasteiger partial charge on any atom is 0.234 e. The van der Waals surface area contributed by atoms with Crippen LogP contribution in [-0.2, 0) is 11.3 Å². The number of likely N-dealkylation sites (tertiary alicyclic amines) is 1. The van der Waals surface area contributed by atoms with Crippen LogP contribution in [-0.4, -0.2) is 44.4 Å². The molecule has 0 radical (unpaired) electrons. The highest BCUT2D eigenvalue weighted by Gasteiger charge is 2.20. The van der Waals surface area contributed by atoms with Gasteiger partial charge in [-0.2, -0.15) is 0 Å². The Kier molecular flexibility index (Phi) is 6.72. The molecule has 0 aliphatic carbocycles. The standard InChI is InChI=1S/C22H24ClN5OS/c1-16-18(23)10-7-11-19(16)24-21(29)15-30-22-26-25-20(14-27-12-5-6-13-27)28(22)17-8-3-2-4-9-17/h2-4,7-11H,5-6,12-15H2,1H3,(H,24,29). The van der Waals surface area contributed by atoms with Crippen LogP contribution >= 0.6 is 23.4 Å². The molecular weight excluding hydrogens is 418 g/mol. The van der Waals surface area contributed by atoms with Crippen molar-refractivity contribution in [2.45, 2.75) is 31.5 Å². The summed E-state index contributed by atoms with van der Waals surface area (Å²) < 4.78 is 2.06. The maximum atomic E-state index is 12.5. The molecule has 0 unspecified atom stereocenters. The third-order valence-corrected chi connectivity index (χ3v) is 6.49. The lowest BCUT2D eigenvalue weighted by Gasteiger charge is -2.16. The van der Waals surface area contributed by atoms with Crippen LogP contribution in [0.3, 0.4) is 0 Å². The van der Waals surface area contributed by atoms with Gasteiger partial charge in [0.1, 0.15) is 0 Å². The molecule has 8 heteroatoms. The van der Waals surface area contributed by atoms with Crippen molar-refractivity contribution < 1.29 is 4.79 Å². The lowest BCUT2D eigenvalue weighted by atomic mass is 10.2. The predicted octanol–water partition coefficient (Wildman–Crippen LogP) is 4.56. The summed E-state index contributed by atoms with van der Waals surface area (Å²) in [7, 11) is 0. The Morgan fingerprint density at radius 3 is 2.63 bits per heavy atom. The SMILES string of the molecule is Cc1c(Cl)cccc1NC(=O)CSc1nnc(CN2CCCC2)n1-c1ccccc1. The minimum absolute atomic E-state index is 0.103. The van der Waals surface area contributed by atoms with Crippen LogP contribution in [0.2, 0.25) is 5.02 Å². The van der Waals surface area contributed by atoms with Gasteiger partial charge in [0, 0.05) is 16.4 Å². The van der Waals surface area contributed by atoms with Gasteiger partial charge in [-0.05, 0) is 62.7 Å². The van der Waals surface area contributed by atoms with E-state index in [1.165, 1.54) is 24.6 Å². The van der Waals surface area contributed by atoms with Gasteiger partial charge in [0.2, 0.25) is 5.91 Å². The number of nitrogens with zero attached hydrogens (tertiary/aromatic N) is 4. The van der Waals surface area contributed by atoms with Gasteiger partial charge in [0.25, 0.3) is 0 Å². The molecule has 1 aliphatic heterocycles. The number of halogens is 1. The van der Waals surface area contributed by atoms with Crippen LogP contribution in [0.5, 0.6) is 0 Å². The summed E-state index contributed by atoms with van der Waals surface area (Å²) in [5, 5.41) is 13.1. The van der Waals surface area contributed by atoms with Crippen molar-refractivity contribution in [3.8, 4) is 5.69 Å². The Bertz CT molecular complexity index is 1020. The van der Waals surface area contributed by atoms with Crippen LogP contribution < -0.4 is 5.32 Å². The van der Waals surface area contributed by atoms with Gasteiger partial charge in [0.05, 0.1) is 12.3 Å². The average molecular weight is 442 g/mol. The molecule has 0 atom stereocenters. The van der Waals surface area contributed by atoms with Gasteiger partial charge >= 0.3 is 0 Å². The van der Waals surface area contributed by atoms with Gasteiger partial charge in [0.15, 0.2) is 11.0 Å². The number of para-hydroxylation sites is 1. The molecule has 0 saturated carbocycles. The molecule has 1 amide bonds. The Morgan fingerprint density at radius 1 is 1.10 bits per heavy atom. The van der Waals surface area contributed by atoms with Crippen LogP contribution in [0.1, 0.15) is 24.2 Å². The normalized spacial score (nSPS) is 14.2. The first kappa shape index (κ1) is 20.9. The number of carbonyl (C=O) groups excluding carboxylic acids is 1. The first-order valence-corrected chi connectivity index (χ1v) is 11.4. The molecule has 1 saturated heterocycles. The zero-order valence-electron chi connectivity index (χ0n) is 16.8. The molecule has 30 heavy (non-hydrogen) atoms. The van der Waals surface area contributed by atoms with Gasteiger partial charge < -0.3 is 5.32 Å². The minimum Gasteiger partial charge on any atom is -0.325 e. The van der Waals surface area contributed by atoms with Crippen molar-refractivity contribution in [1.82, 2.24) is 19.7 Å². The Morgan fingerprint density at radius 2 is 1.87 bits per heavy atom. The molecule has 2 aromatic carbocycles. The van der Waals surface area contributed by atoms with Crippen molar-refractivity contribution in [3.63, 3.8) is 0 Å². The second kappa shape index (κ2) is 9.64. The number of hydrogen-bond acceptors (Lipinski definition) is 5. The zero-order chi connectivity index (χ0) is 20.9. The van der Waals surface area contributed by atoms with Crippen molar-refractivity contribution in [3.05, 3.63) is 64.9 Å². The third kappa shape index (κ3) is 4.86. The van der Waals surface area contributed by atoms with E-state index in [2.05, 4.69) is 25.0 Å². The maximum absolute atomic E-state index is 12.5. The van der Waals surface area contributed by atoms with E-state index < -0.39 is 0 Å². The van der Waals surface area contributed by atoms with Crippen molar-refractivity contribution in [2.24, 2.45) is 0 Å². The third-order valence-electron chi connectivity index (χ3n) is 5.15. The summed E-state index contributed by atoms with van der Waals surface area (Å²) in [6, 6.07) is 15.6. The average Bonchev–Trinajstić information content (AvgIpc) is 3.41. The molecule has 1 N–H and O–H groups in total. The number of carbonyl (C=O) groups is 1. The number of amides is 1. The minimum atomic E-state index is -0.103. The fourth-order valence-corrected chi connectivity index (χ4v) is 4.48. The highest BCUT2D eigenvalue weighted by atomic mass is 35.5. The predicted molar refractivity (Wildman–Crippen MR) is 121 cm³/mol. The van der Waals surface area contributed by atoms with Gasteiger partial charge in [-0.3, -0.25) is 14.3 Å². The topological polar surface area (TPSA) is 63.1 Å². The van der Waals surface area contributed by atoms with E-state index in [1.54, 1.807) is 0 Å². The molecule has 0 bridgehead atoms. The largest absolute Gasteiger partial charge is 0.325 e. The van der Waals surface area contributed by atoms with E-state index in [0.717, 1.165) is 42.4 Å². The summed E-state index contributed by atoms with van der Waals surface area (Å²) in [5.74, 6) is 1.03. The molecule has 6 nitrogen and oxygen atoms in total. The quantitative estimate of drug-likeness (QED) is 0.545. The van der Waals surface area contributed by atoms with Crippen molar-refractivity contribution in [2.75, 3.05) is 24.2 Å². The Labute approximate surface area is 185 Å². The van der Waals surface area contributed by atoms with Gasteiger partial charge in [-0.1, -0.05) is 47.6 Å². The number of aromatic nitrogens is 3. The number of nitrogens with one attached hydrogen (secondary N) is 1. The summed E-state index contributed by atoms with van der Waals surface area (Å²) in [4.78, 5) is 14.9. The lowest BCUT2D eigenvalue weighted by Crippen LogP contribution is -2.21. The number of rotatable bonds is 7. The number of anilines is 1. The molecule has 2 heterocycles. The summed E-state index contributed by atoms with van der Waals surface area (Å²) in [6.07, 6.45) is 2.45. The van der Waals surface area contributed by atoms with E-state index in [-0.39, 0.29) is 11.7 Å². The van der Waals surface area contributed by atoms with E-state index in [9.17, 15) is 4.79 Å². The first-order chi connectivity index (χ1) is 14.6. The van der Waals surface area contributed by atoms with Crippen LogP contribution in [0, 0.1) is 6.92 Å². The molecule has 0 spiro atoms. The van der Waals surface area contributed by atoms with Gasteiger partial charge in [-0.25, -0.2) is 0 Å². The van der Waals surface area contributed by atoms with E-state index >= 15 is 0 Å². The number of thioether (sulfide) groups is 1. The van der Waals surface area contributed by atoms with Gasteiger partial charge in [-0.15, -0.1) is 10.2 Å². The van der Waals surface area contributed by atoms with E-state index in [0.29, 0.717) is 10.2 Å². The van der Waals surface area contributed by atoms with E-state index in [1.807, 2.05) is 55.5 Å². The molecule has 4 rings (SSSR count). The fourth-order valence-electron chi connectivity index (χ4n) is 3.53. The summed E-state index contributed by atoms with van der Waals surface area (Å²) >= 11 is 7.53. The molecule has 1 fully saturated rings. The number of benzene rings is 2. The second-order valence-corrected chi connectivity index (χ2v) is 8.65. The molecule has 1 aliphatic rings. The first-order valence-electron chi connectivity index (χ1n) is 10.0. The molecule has 1 aromatic heterocycles. The number of hydrogen-bond donors (Lipinski definition) is 1. The molecule has 156 valence electrons. The zero-order valence-corrected chi connectivity index (χ0v) is 18.4. The Hall–Kier alpha value is -2.35. The second-order valence-electron chi connectivity index (χ2n) is 7.30. The highest BCUT2D eigenvalue weighted by molar-refractivity contribution is 7.99. The summed E-state index contributed by atoms with van der Waals surface area (Å²) in [6.45, 7) is 4.83. The monoisotopic (exact) mass is 441 g/mol. The van der Waals surface area contributed by atoms with Crippen LogP contribution in [0.15, 0.2) is 53.7 Å².